The predicted octanol–water partition coefficient (Wildman–Crippen LogP) is 6.33. The minimum Gasteiger partial charge on any atom is -0.444 e. The van der Waals surface area contributed by atoms with E-state index in [2.05, 4.69) is 41.7 Å². The molecule has 2 heterocycles. The number of anilines is 3. The van der Waals surface area contributed by atoms with Gasteiger partial charge < -0.3 is 25.4 Å². The van der Waals surface area contributed by atoms with E-state index in [1.807, 2.05) is 51.1 Å². The van der Waals surface area contributed by atoms with E-state index in [4.69, 9.17) is 19.4 Å². The number of alkyl carbamates (subject to hydrolysis) is 1. The number of carbonyl (C=O) groups excluding carboxylic acids is 1. The summed E-state index contributed by atoms with van der Waals surface area (Å²) >= 11 is 1.60. The van der Waals surface area contributed by atoms with Crippen LogP contribution in [-0.4, -0.2) is 46.4 Å². The maximum absolute atomic E-state index is 11.9. The van der Waals surface area contributed by atoms with Gasteiger partial charge in [0.25, 0.3) is 0 Å². The highest BCUT2D eigenvalue weighted by molar-refractivity contribution is 7.19. The number of methoxy groups -OCH3 is 1. The SMILES string of the molecule is CCC(C)c1nc(NC(C)COC)sc1-c1ccnc(Nc2ccc(CNC(=O)OC(C)(C)C)cc2)n1. The summed E-state index contributed by atoms with van der Waals surface area (Å²) in [6.07, 6.45) is 2.30. The highest BCUT2D eigenvalue weighted by Crippen LogP contribution is 2.37. The van der Waals surface area contributed by atoms with Crippen LogP contribution in [0.1, 0.15) is 65.1 Å². The van der Waals surface area contributed by atoms with Crippen molar-refractivity contribution in [2.24, 2.45) is 0 Å². The van der Waals surface area contributed by atoms with Crippen molar-refractivity contribution in [3.8, 4) is 10.6 Å². The van der Waals surface area contributed by atoms with Crippen LogP contribution in [0.5, 0.6) is 0 Å². The number of benzene rings is 1. The maximum Gasteiger partial charge on any atom is 0.407 e. The molecule has 9 nitrogen and oxygen atoms in total. The summed E-state index contributed by atoms with van der Waals surface area (Å²) in [6, 6.07) is 9.80. The van der Waals surface area contributed by atoms with E-state index < -0.39 is 11.7 Å². The highest BCUT2D eigenvalue weighted by Gasteiger charge is 2.20. The fourth-order valence-electron chi connectivity index (χ4n) is 3.48. The van der Waals surface area contributed by atoms with Gasteiger partial charge >= 0.3 is 6.09 Å². The summed E-state index contributed by atoms with van der Waals surface area (Å²) in [7, 11) is 1.69. The lowest BCUT2D eigenvalue weighted by molar-refractivity contribution is 0.0523. The molecule has 0 bridgehead atoms. The molecule has 2 aromatic heterocycles. The van der Waals surface area contributed by atoms with Crippen LogP contribution in [0.2, 0.25) is 0 Å². The fraction of sp³-hybridized carbons (Fsp3) is 0.481. The van der Waals surface area contributed by atoms with Crippen molar-refractivity contribution < 1.29 is 14.3 Å². The van der Waals surface area contributed by atoms with Gasteiger partial charge in [0.2, 0.25) is 5.95 Å². The number of rotatable bonds is 11. The Bertz CT molecular complexity index is 1160. The smallest absolute Gasteiger partial charge is 0.407 e. The predicted molar refractivity (Wildman–Crippen MR) is 150 cm³/mol. The Balaban J connectivity index is 1.71. The number of carbonyl (C=O) groups is 1. The number of aromatic nitrogens is 3. The quantitative estimate of drug-likeness (QED) is 0.266. The second-order valence-electron chi connectivity index (χ2n) is 9.99. The Morgan fingerprint density at radius 3 is 2.49 bits per heavy atom. The van der Waals surface area contributed by atoms with Gasteiger partial charge in [0.1, 0.15) is 5.60 Å². The standard InChI is InChI=1S/C27H38N6O3S/c1-8-17(2)22-23(37-25(33-22)30-18(3)16-35-7)21-13-14-28-24(32-21)31-20-11-9-19(10-12-20)15-29-26(34)36-27(4,5)6/h9-14,17-18H,8,15-16H2,1-7H3,(H,29,34)(H,30,33)(H,28,31,32). The van der Waals surface area contributed by atoms with E-state index in [0.29, 0.717) is 25.0 Å². The average Bonchev–Trinajstić information content (AvgIpc) is 3.26. The van der Waals surface area contributed by atoms with Crippen molar-refractivity contribution in [2.75, 3.05) is 24.4 Å². The molecule has 0 saturated carbocycles. The molecule has 3 aromatic rings. The molecule has 200 valence electrons. The van der Waals surface area contributed by atoms with Crippen molar-refractivity contribution in [2.45, 2.75) is 72.1 Å². The third-order valence-corrected chi connectivity index (χ3v) is 6.48. The van der Waals surface area contributed by atoms with Crippen LogP contribution in [0, 0.1) is 0 Å². The van der Waals surface area contributed by atoms with E-state index in [-0.39, 0.29) is 6.04 Å². The third-order valence-electron chi connectivity index (χ3n) is 5.45. The lowest BCUT2D eigenvalue weighted by Gasteiger charge is -2.19. The summed E-state index contributed by atoms with van der Waals surface area (Å²) in [5, 5.41) is 10.3. The number of hydrogen-bond acceptors (Lipinski definition) is 9. The molecule has 0 radical (unpaired) electrons. The van der Waals surface area contributed by atoms with E-state index >= 15 is 0 Å². The van der Waals surface area contributed by atoms with Crippen LogP contribution in [0.4, 0.5) is 21.6 Å². The number of hydrogen-bond donors (Lipinski definition) is 3. The first-order valence-corrected chi connectivity index (χ1v) is 13.3. The van der Waals surface area contributed by atoms with Gasteiger partial charge in [-0.15, -0.1) is 0 Å². The number of ether oxygens (including phenoxy) is 2. The van der Waals surface area contributed by atoms with E-state index in [1.54, 1.807) is 24.6 Å². The number of amides is 1. The molecule has 0 aliphatic carbocycles. The summed E-state index contributed by atoms with van der Waals surface area (Å²) in [5.41, 5.74) is 3.14. The molecule has 37 heavy (non-hydrogen) atoms. The monoisotopic (exact) mass is 526 g/mol. The normalized spacial score (nSPS) is 13.1. The van der Waals surface area contributed by atoms with Crippen LogP contribution in [-0.2, 0) is 16.0 Å². The Hall–Kier alpha value is -3.24. The minimum atomic E-state index is -0.526. The summed E-state index contributed by atoms with van der Waals surface area (Å²) in [4.78, 5) is 27.0. The number of thiazole rings is 1. The molecule has 0 fully saturated rings. The van der Waals surface area contributed by atoms with Gasteiger partial charge in [-0.05, 0) is 63.8 Å². The van der Waals surface area contributed by atoms with Crippen molar-refractivity contribution in [1.82, 2.24) is 20.3 Å². The zero-order chi connectivity index (χ0) is 27.0. The van der Waals surface area contributed by atoms with Gasteiger partial charge in [0.15, 0.2) is 5.13 Å². The zero-order valence-corrected chi connectivity index (χ0v) is 23.5. The third kappa shape index (κ3) is 8.68. The zero-order valence-electron chi connectivity index (χ0n) is 22.7. The van der Waals surface area contributed by atoms with Gasteiger partial charge in [-0.2, -0.15) is 0 Å². The first-order valence-electron chi connectivity index (χ1n) is 12.5. The van der Waals surface area contributed by atoms with Crippen molar-refractivity contribution in [1.29, 1.82) is 0 Å². The molecule has 1 amide bonds. The molecule has 3 N–H and O–H groups in total. The molecule has 0 aliphatic rings. The molecule has 3 rings (SSSR count). The van der Waals surface area contributed by atoms with Crippen LogP contribution in [0.25, 0.3) is 10.6 Å². The van der Waals surface area contributed by atoms with Gasteiger partial charge in [-0.1, -0.05) is 37.3 Å². The summed E-state index contributed by atoms with van der Waals surface area (Å²) < 4.78 is 10.5. The average molecular weight is 527 g/mol. The number of nitrogens with zero attached hydrogens (tertiary/aromatic N) is 3. The molecular weight excluding hydrogens is 488 g/mol. The second kappa shape index (κ2) is 12.8. The van der Waals surface area contributed by atoms with Crippen LogP contribution in [0.15, 0.2) is 36.5 Å². The number of nitrogens with one attached hydrogen (secondary N) is 3. The summed E-state index contributed by atoms with van der Waals surface area (Å²) in [6.45, 7) is 12.9. The van der Waals surface area contributed by atoms with Crippen LogP contribution < -0.4 is 16.0 Å². The van der Waals surface area contributed by atoms with Crippen LogP contribution in [0.3, 0.4) is 0 Å². The Labute approximate surface area is 223 Å². The molecule has 10 heteroatoms. The van der Waals surface area contributed by atoms with Gasteiger partial charge in [-0.25, -0.2) is 19.7 Å². The van der Waals surface area contributed by atoms with Crippen molar-refractivity contribution in [3.05, 3.63) is 47.8 Å². The van der Waals surface area contributed by atoms with Gasteiger partial charge in [0.05, 0.1) is 22.9 Å². The lowest BCUT2D eigenvalue weighted by Crippen LogP contribution is -2.32. The van der Waals surface area contributed by atoms with Gasteiger partial charge in [0, 0.05) is 31.6 Å². The Kier molecular flexibility index (Phi) is 9.82. The molecule has 2 atom stereocenters. The first-order chi connectivity index (χ1) is 17.6. The molecule has 0 aliphatic heterocycles. The van der Waals surface area contributed by atoms with E-state index in [1.165, 1.54) is 0 Å². The molecule has 2 unspecified atom stereocenters. The lowest BCUT2D eigenvalue weighted by atomic mass is 10.0. The Morgan fingerprint density at radius 1 is 1.11 bits per heavy atom. The first kappa shape index (κ1) is 28.3. The van der Waals surface area contributed by atoms with Gasteiger partial charge in [-0.3, -0.25) is 0 Å². The van der Waals surface area contributed by atoms with E-state index in [9.17, 15) is 4.79 Å². The van der Waals surface area contributed by atoms with Crippen LogP contribution >= 0.6 is 11.3 Å². The molecular formula is C27H38N6O3S. The Morgan fingerprint density at radius 2 is 1.84 bits per heavy atom. The second-order valence-corrected chi connectivity index (χ2v) is 11.0. The minimum absolute atomic E-state index is 0.152. The molecule has 1 aromatic carbocycles. The molecule has 0 spiro atoms. The fourth-order valence-corrected chi connectivity index (χ4v) is 4.64. The topological polar surface area (TPSA) is 110 Å². The highest BCUT2D eigenvalue weighted by atomic mass is 32.1. The largest absolute Gasteiger partial charge is 0.444 e. The molecule has 0 saturated heterocycles. The van der Waals surface area contributed by atoms with Crippen molar-refractivity contribution >= 4 is 34.2 Å². The van der Waals surface area contributed by atoms with Crippen molar-refractivity contribution in [3.63, 3.8) is 0 Å². The summed E-state index contributed by atoms with van der Waals surface area (Å²) in [5.74, 6) is 0.802. The van der Waals surface area contributed by atoms with E-state index in [0.717, 1.165) is 39.1 Å². The maximum atomic E-state index is 11.9.